The molecule has 0 unspecified atom stereocenters. The smallest absolute Gasteiger partial charge is 0.251 e. The van der Waals surface area contributed by atoms with Crippen LogP contribution in [0.15, 0.2) is 24.3 Å². The summed E-state index contributed by atoms with van der Waals surface area (Å²) in [5.74, 6) is -0.0256. The van der Waals surface area contributed by atoms with Gasteiger partial charge in [-0.1, -0.05) is 0 Å². The molecule has 6 nitrogen and oxygen atoms in total. The van der Waals surface area contributed by atoms with Crippen molar-refractivity contribution in [1.82, 2.24) is 5.32 Å². The molecule has 0 aromatic heterocycles. The first kappa shape index (κ1) is 15.0. The SMILES string of the molecule is O=C(N[C@H]1CCS(=O)(=O)C1)c1ccc(N2CCCC2=O)cc1. The molecule has 2 fully saturated rings. The van der Waals surface area contributed by atoms with E-state index in [0.717, 1.165) is 12.1 Å². The van der Waals surface area contributed by atoms with Gasteiger partial charge in [0.1, 0.15) is 0 Å². The van der Waals surface area contributed by atoms with Gasteiger partial charge in [-0.15, -0.1) is 0 Å². The number of nitrogens with one attached hydrogen (secondary N) is 1. The number of hydrogen-bond acceptors (Lipinski definition) is 4. The van der Waals surface area contributed by atoms with Crippen LogP contribution in [0.4, 0.5) is 5.69 Å². The van der Waals surface area contributed by atoms with Crippen molar-refractivity contribution in [1.29, 1.82) is 0 Å². The molecule has 0 saturated carbocycles. The van der Waals surface area contributed by atoms with Crippen LogP contribution in [0.5, 0.6) is 0 Å². The Morgan fingerprint density at radius 2 is 1.95 bits per heavy atom. The van der Waals surface area contributed by atoms with Crippen molar-refractivity contribution in [2.75, 3.05) is 23.0 Å². The summed E-state index contributed by atoms with van der Waals surface area (Å²) in [7, 11) is -3.01. The third-order valence-electron chi connectivity index (χ3n) is 4.08. The summed E-state index contributed by atoms with van der Waals surface area (Å²) in [5, 5.41) is 2.75. The van der Waals surface area contributed by atoms with Crippen LogP contribution in [0, 0.1) is 0 Å². The maximum absolute atomic E-state index is 12.1. The molecule has 0 bridgehead atoms. The molecule has 2 aliphatic rings. The summed E-state index contributed by atoms with van der Waals surface area (Å²) in [5.41, 5.74) is 1.27. The van der Waals surface area contributed by atoms with Crippen LogP contribution in [0.2, 0.25) is 0 Å². The lowest BCUT2D eigenvalue weighted by molar-refractivity contribution is -0.117. The minimum Gasteiger partial charge on any atom is -0.348 e. The third kappa shape index (κ3) is 3.14. The minimum absolute atomic E-state index is 0.0130. The average Bonchev–Trinajstić information content (AvgIpc) is 3.04. The van der Waals surface area contributed by atoms with Gasteiger partial charge in [0, 0.05) is 30.3 Å². The van der Waals surface area contributed by atoms with E-state index in [0.29, 0.717) is 24.9 Å². The van der Waals surface area contributed by atoms with Crippen molar-refractivity contribution < 1.29 is 18.0 Å². The van der Waals surface area contributed by atoms with Gasteiger partial charge in [0.25, 0.3) is 5.91 Å². The number of rotatable bonds is 3. The molecule has 22 heavy (non-hydrogen) atoms. The number of hydrogen-bond donors (Lipinski definition) is 1. The van der Waals surface area contributed by atoms with E-state index in [2.05, 4.69) is 5.32 Å². The highest BCUT2D eigenvalue weighted by Gasteiger charge is 2.29. The number of sulfone groups is 1. The monoisotopic (exact) mass is 322 g/mol. The Morgan fingerprint density at radius 3 is 2.50 bits per heavy atom. The van der Waals surface area contributed by atoms with Crippen molar-refractivity contribution in [3.05, 3.63) is 29.8 Å². The van der Waals surface area contributed by atoms with E-state index in [-0.39, 0.29) is 29.4 Å². The lowest BCUT2D eigenvalue weighted by atomic mass is 10.1. The molecule has 3 rings (SSSR count). The van der Waals surface area contributed by atoms with Crippen LogP contribution in [0.3, 0.4) is 0 Å². The van der Waals surface area contributed by atoms with Gasteiger partial charge >= 0.3 is 0 Å². The van der Waals surface area contributed by atoms with Crippen LogP contribution >= 0.6 is 0 Å². The summed E-state index contributed by atoms with van der Waals surface area (Å²) < 4.78 is 22.8. The highest BCUT2D eigenvalue weighted by Crippen LogP contribution is 2.21. The Morgan fingerprint density at radius 1 is 1.23 bits per heavy atom. The Bertz CT molecular complexity index is 697. The highest BCUT2D eigenvalue weighted by molar-refractivity contribution is 7.91. The zero-order valence-electron chi connectivity index (χ0n) is 12.1. The number of anilines is 1. The second kappa shape index (κ2) is 5.72. The molecule has 0 spiro atoms. The van der Waals surface area contributed by atoms with E-state index >= 15 is 0 Å². The Labute approximate surface area is 129 Å². The number of benzene rings is 1. The molecular formula is C15H18N2O4S. The fourth-order valence-electron chi connectivity index (χ4n) is 2.89. The molecule has 1 N–H and O–H groups in total. The quantitative estimate of drug-likeness (QED) is 0.889. The van der Waals surface area contributed by atoms with Gasteiger partial charge in [0.2, 0.25) is 5.91 Å². The Balaban J connectivity index is 1.65. The second-order valence-corrected chi connectivity index (χ2v) is 8.00. The topological polar surface area (TPSA) is 83.6 Å². The summed E-state index contributed by atoms with van der Waals surface area (Å²) in [6.45, 7) is 0.713. The number of carbonyl (C=O) groups excluding carboxylic acids is 2. The predicted octanol–water partition coefficient (Wildman–Crippen LogP) is 0.730. The van der Waals surface area contributed by atoms with Gasteiger partial charge in [0.15, 0.2) is 9.84 Å². The fourth-order valence-corrected chi connectivity index (χ4v) is 4.56. The second-order valence-electron chi connectivity index (χ2n) is 5.77. The van der Waals surface area contributed by atoms with E-state index in [1.807, 2.05) is 0 Å². The van der Waals surface area contributed by atoms with Crippen molar-refractivity contribution in [2.24, 2.45) is 0 Å². The van der Waals surface area contributed by atoms with Crippen LogP contribution in [0.1, 0.15) is 29.6 Å². The summed E-state index contributed by atoms with van der Waals surface area (Å²) >= 11 is 0. The molecule has 1 aromatic carbocycles. The zero-order chi connectivity index (χ0) is 15.7. The molecule has 2 heterocycles. The van der Waals surface area contributed by atoms with Gasteiger partial charge in [-0.3, -0.25) is 9.59 Å². The molecule has 2 aliphatic heterocycles. The average molecular weight is 322 g/mol. The zero-order valence-corrected chi connectivity index (χ0v) is 12.9. The minimum atomic E-state index is -3.01. The molecule has 2 saturated heterocycles. The molecule has 7 heteroatoms. The Kier molecular flexibility index (Phi) is 3.90. The lowest BCUT2D eigenvalue weighted by Crippen LogP contribution is -2.35. The summed E-state index contributed by atoms with van der Waals surface area (Å²) in [4.78, 5) is 25.5. The number of carbonyl (C=O) groups is 2. The van der Waals surface area contributed by atoms with Gasteiger partial charge in [-0.25, -0.2) is 8.42 Å². The molecule has 1 atom stereocenters. The third-order valence-corrected chi connectivity index (χ3v) is 5.85. The first-order valence-electron chi connectivity index (χ1n) is 7.36. The standard InChI is InChI=1S/C15H18N2O4S/c18-14-2-1-8-17(14)13-5-3-11(4-6-13)15(19)16-12-7-9-22(20,21)10-12/h3-6,12H,1-2,7-10H2,(H,16,19)/t12-/m0/s1. The predicted molar refractivity (Wildman–Crippen MR) is 82.6 cm³/mol. The first-order valence-corrected chi connectivity index (χ1v) is 9.18. The highest BCUT2D eigenvalue weighted by atomic mass is 32.2. The largest absolute Gasteiger partial charge is 0.348 e. The summed E-state index contributed by atoms with van der Waals surface area (Å²) in [6.07, 6.45) is 1.89. The van der Waals surface area contributed by atoms with Gasteiger partial charge in [0.05, 0.1) is 11.5 Å². The van der Waals surface area contributed by atoms with Crippen molar-refractivity contribution in [3.8, 4) is 0 Å². The summed E-state index contributed by atoms with van der Waals surface area (Å²) in [6, 6.07) is 6.53. The van der Waals surface area contributed by atoms with Gasteiger partial charge in [-0.2, -0.15) is 0 Å². The Hall–Kier alpha value is -1.89. The van der Waals surface area contributed by atoms with Crippen LogP contribution in [-0.2, 0) is 14.6 Å². The molecule has 0 radical (unpaired) electrons. The maximum atomic E-state index is 12.1. The molecule has 2 amide bonds. The lowest BCUT2D eigenvalue weighted by Gasteiger charge is -2.16. The van der Waals surface area contributed by atoms with Crippen molar-refractivity contribution >= 4 is 27.3 Å². The van der Waals surface area contributed by atoms with E-state index in [9.17, 15) is 18.0 Å². The molecular weight excluding hydrogens is 304 g/mol. The maximum Gasteiger partial charge on any atom is 0.251 e. The number of nitrogens with zero attached hydrogens (tertiary/aromatic N) is 1. The normalized spacial score (nSPS) is 23.7. The van der Waals surface area contributed by atoms with E-state index in [4.69, 9.17) is 0 Å². The van der Waals surface area contributed by atoms with Gasteiger partial charge < -0.3 is 10.2 Å². The van der Waals surface area contributed by atoms with E-state index in [1.54, 1.807) is 29.2 Å². The first-order chi connectivity index (χ1) is 10.4. The van der Waals surface area contributed by atoms with Crippen molar-refractivity contribution in [3.63, 3.8) is 0 Å². The van der Waals surface area contributed by atoms with Crippen LogP contribution in [0.25, 0.3) is 0 Å². The van der Waals surface area contributed by atoms with Crippen LogP contribution < -0.4 is 10.2 Å². The van der Waals surface area contributed by atoms with Gasteiger partial charge in [-0.05, 0) is 37.1 Å². The number of amides is 2. The van der Waals surface area contributed by atoms with Crippen LogP contribution in [-0.4, -0.2) is 44.3 Å². The fraction of sp³-hybridized carbons (Fsp3) is 0.467. The van der Waals surface area contributed by atoms with E-state index < -0.39 is 9.84 Å². The van der Waals surface area contributed by atoms with E-state index in [1.165, 1.54) is 0 Å². The molecule has 0 aliphatic carbocycles. The van der Waals surface area contributed by atoms with Crippen molar-refractivity contribution in [2.45, 2.75) is 25.3 Å². The molecule has 1 aromatic rings. The molecule has 118 valence electrons.